The number of rotatable bonds is 1. The van der Waals surface area contributed by atoms with Gasteiger partial charge in [0, 0.05) is 7.05 Å². The summed E-state index contributed by atoms with van der Waals surface area (Å²) in [6.07, 6.45) is 0. The first-order chi connectivity index (χ1) is 5.04. The molecular formula is C3H9N5O3. The molecule has 0 atom stereocenters. The van der Waals surface area contributed by atoms with Crippen LogP contribution < -0.4 is 22.2 Å². The smallest absolute Gasteiger partial charge is 0.335 e. The molecule has 0 aromatic heterocycles. The van der Waals surface area contributed by atoms with E-state index in [4.69, 9.17) is 4.91 Å². The van der Waals surface area contributed by atoms with Gasteiger partial charge in [-0.25, -0.2) is 9.59 Å². The van der Waals surface area contributed by atoms with Gasteiger partial charge in [0.1, 0.15) is 0 Å². The third-order valence-corrected chi connectivity index (χ3v) is 0.402. The van der Waals surface area contributed by atoms with Crippen LogP contribution in [0, 0.1) is 4.91 Å². The molecule has 0 unspecified atom stereocenters. The van der Waals surface area contributed by atoms with Crippen molar-refractivity contribution in [2.75, 3.05) is 7.05 Å². The maximum Gasteiger partial charge on any atom is 0.335 e. The fraction of sp³-hybridized carbons (Fsp3) is 0.333. The van der Waals surface area contributed by atoms with Gasteiger partial charge >= 0.3 is 12.1 Å². The Bertz CT molecular complexity index is 146. The summed E-state index contributed by atoms with van der Waals surface area (Å²) in [6, 6.07) is -1.44. The molecule has 6 N–H and O–H groups in total. The van der Waals surface area contributed by atoms with Crippen molar-refractivity contribution >= 4 is 12.1 Å². The highest BCUT2D eigenvalue weighted by atomic mass is 16.3. The van der Waals surface area contributed by atoms with Gasteiger partial charge in [0.15, 0.2) is 0 Å². The summed E-state index contributed by atoms with van der Waals surface area (Å²) >= 11 is 0. The van der Waals surface area contributed by atoms with E-state index in [1.807, 2.05) is 5.29 Å². The molecule has 0 aliphatic heterocycles. The van der Waals surface area contributed by atoms with Crippen LogP contribution >= 0.6 is 0 Å². The summed E-state index contributed by atoms with van der Waals surface area (Å²) in [7, 11) is 1.47. The van der Waals surface area contributed by atoms with E-state index in [0.717, 1.165) is 0 Å². The Morgan fingerprint density at radius 2 is 1.64 bits per heavy atom. The van der Waals surface area contributed by atoms with E-state index in [0.29, 0.717) is 0 Å². The van der Waals surface area contributed by atoms with Gasteiger partial charge in [-0.05, 0) is 0 Å². The van der Waals surface area contributed by atoms with Crippen molar-refractivity contribution in [1.29, 1.82) is 0 Å². The molecule has 4 amide bonds. The topological polar surface area (TPSA) is 140 Å². The Kier molecular flexibility index (Phi) is 8.79. The fourth-order valence-electron chi connectivity index (χ4n) is 0.0450. The molecule has 0 saturated heterocycles. The number of carbonyl (C=O) groups is 2. The molecule has 0 aliphatic rings. The molecule has 8 heteroatoms. The number of nitrogens with one attached hydrogen (secondary N) is 2. The van der Waals surface area contributed by atoms with Crippen LogP contribution in [0.5, 0.6) is 0 Å². The van der Waals surface area contributed by atoms with Crippen molar-refractivity contribution in [3.05, 3.63) is 4.91 Å². The molecule has 0 heterocycles. The summed E-state index contributed by atoms with van der Waals surface area (Å²) in [6.45, 7) is 0. The zero-order valence-corrected chi connectivity index (χ0v) is 5.83. The minimum absolute atomic E-state index is 0.495. The zero-order chi connectivity index (χ0) is 9.28. The third-order valence-electron chi connectivity index (χ3n) is 0.402. The van der Waals surface area contributed by atoms with E-state index in [-0.39, 0.29) is 0 Å². The number of hydrogen-bond donors (Lipinski definition) is 4. The minimum atomic E-state index is -0.940. The van der Waals surface area contributed by atoms with Crippen LogP contribution in [0.3, 0.4) is 0 Å². The Labute approximate surface area is 62.2 Å². The number of primary amides is 2. The molecule has 0 rings (SSSR count). The average molecular weight is 163 g/mol. The minimum Gasteiger partial charge on any atom is -0.352 e. The van der Waals surface area contributed by atoms with E-state index < -0.39 is 12.1 Å². The lowest BCUT2D eigenvalue weighted by molar-refractivity contribution is 0.249. The summed E-state index contributed by atoms with van der Waals surface area (Å²) in [5.74, 6) is 0. The highest BCUT2D eigenvalue weighted by Crippen LogP contribution is 1.49. The average Bonchev–Trinajstić information content (AvgIpc) is 1.89. The summed E-state index contributed by atoms with van der Waals surface area (Å²) in [4.78, 5) is 27.8. The van der Waals surface area contributed by atoms with E-state index in [1.165, 1.54) is 12.5 Å². The number of urea groups is 2. The van der Waals surface area contributed by atoms with Crippen LogP contribution in [-0.2, 0) is 0 Å². The van der Waals surface area contributed by atoms with E-state index in [9.17, 15) is 9.59 Å². The van der Waals surface area contributed by atoms with Crippen molar-refractivity contribution in [2.45, 2.75) is 0 Å². The largest absolute Gasteiger partial charge is 0.352 e. The number of nitroso groups, excluding NO2 is 1. The molecule has 0 bridgehead atoms. The lowest BCUT2D eigenvalue weighted by Crippen LogP contribution is -2.24. The molecule has 0 aromatic carbocycles. The van der Waals surface area contributed by atoms with Crippen LogP contribution in [0.25, 0.3) is 0 Å². The van der Waals surface area contributed by atoms with Crippen LogP contribution in [0.4, 0.5) is 9.59 Å². The van der Waals surface area contributed by atoms with Crippen LogP contribution in [0.15, 0.2) is 5.29 Å². The van der Waals surface area contributed by atoms with Crippen LogP contribution in [0.1, 0.15) is 0 Å². The van der Waals surface area contributed by atoms with Crippen molar-refractivity contribution in [3.8, 4) is 0 Å². The number of carbonyl (C=O) groups excluding carboxylic acids is 2. The lowest BCUT2D eigenvalue weighted by Gasteiger charge is -1.80. The monoisotopic (exact) mass is 163 g/mol. The first-order valence-corrected chi connectivity index (χ1v) is 2.39. The van der Waals surface area contributed by atoms with Gasteiger partial charge in [-0.2, -0.15) is 5.43 Å². The van der Waals surface area contributed by atoms with Gasteiger partial charge < -0.3 is 16.8 Å². The fourth-order valence-corrected chi connectivity index (χ4v) is 0.0450. The zero-order valence-electron chi connectivity index (χ0n) is 5.83. The number of nitrogens with zero attached hydrogens (tertiary/aromatic N) is 1. The van der Waals surface area contributed by atoms with Crippen molar-refractivity contribution in [2.24, 2.45) is 16.8 Å². The van der Waals surface area contributed by atoms with Crippen molar-refractivity contribution in [3.63, 3.8) is 0 Å². The highest BCUT2D eigenvalue weighted by molar-refractivity contribution is 5.71. The Hall–Kier alpha value is -1.86. The predicted octanol–water partition coefficient (Wildman–Crippen LogP) is -1.38. The molecule has 0 aromatic rings. The predicted molar refractivity (Wildman–Crippen MR) is 37.2 cm³/mol. The number of hydrogen-bond acceptors (Lipinski definition) is 4. The molecule has 0 aliphatic carbocycles. The van der Waals surface area contributed by atoms with Gasteiger partial charge in [-0.15, -0.1) is 4.91 Å². The molecule has 0 radical (unpaired) electrons. The Morgan fingerprint density at radius 1 is 1.27 bits per heavy atom. The van der Waals surface area contributed by atoms with Crippen LogP contribution in [0.2, 0.25) is 0 Å². The van der Waals surface area contributed by atoms with Crippen molar-refractivity contribution < 1.29 is 9.59 Å². The molecule has 0 spiro atoms. The second-order valence-electron chi connectivity index (χ2n) is 1.18. The van der Waals surface area contributed by atoms with E-state index >= 15 is 0 Å². The normalized spacial score (nSPS) is 6.64. The maximum absolute atomic E-state index is 9.48. The van der Waals surface area contributed by atoms with Crippen molar-refractivity contribution in [1.82, 2.24) is 10.7 Å². The SMILES string of the molecule is CNC(N)=O.NC(=O)NN=O. The number of nitrogens with two attached hydrogens (primary N) is 2. The molecular weight excluding hydrogens is 154 g/mol. The molecule has 8 nitrogen and oxygen atoms in total. The van der Waals surface area contributed by atoms with Gasteiger partial charge in [-0.3, -0.25) is 0 Å². The third kappa shape index (κ3) is 31.1. The molecule has 64 valence electrons. The summed E-state index contributed by atoms with van der Waals surface area (Å²) in [5.41, 5.74) is 10.3. The summed E-state index contributed by atoms with van der Waals surface area (Å²) < 4.78 is 0. The van der Waals surface area contributed by atoms with E-state index in [1.54, 1.807) is 0 Å². The second-order valence-corrected chi connectivity index (χ2v) is 1.18. The molecule has 0 fully saturated rings. The standard InChI is InChI=1S/C2H6N2O.CH3N3O2/c1-4-2(3)5;2-1(5)3-4-6/h1H3,(H3,3,4,5);(H3,2,3,5,6). The highest BCUT2D eigenvalue weighted by Gasteiger charge is 1.80. The Morgan fingerprint density at radius 3 is 1.64 bits per heavy atom. The molecule has 0 saturated carbocycles. The quantitative estimate of drug-likeness (QED) is 0.279. The van der Waals surface area contributed by atoms with Gasteiger partial charge in [0.05, 0.1) is 5.29 Å². The second kappa shape index (κ2) is 8.14. The van der Waals surface area contributed by atoms with E-state index in [2.05, 4.69) is 16.8 Å². The first kappa shape index (κ1) is 11.9. The Balaban J connectivity index is 0. The first-order valence-electron chi connectivity index (χ1n) is 2.39. The van der Waals surface area contributed by atoms with Crippen LogP contribution in [-0.4, -0.2) is 19.1 Å². The summed E-state index contributed by atoms with van der Waals surface area (Å²) in [5, 5.41) is 4.13. The maximum atomic E-state index is 9.48. The van der Waals surface area contributed by atoms with Gasteiger partial charge in [0.2, 0.25) is 0 Å². The molecule has 11 heavy (non-hydrogen) atoms. The number of amides is 4. The lowest BCUT2D eigenvalue weighted by atomic mass is 11.1. The van der Waals surface area contributed by atoms with Gasteiger partial charge in [0.25, 0.3) is 0 Å². The van der Waals surface area contributed by atoms with Gasteiger partial charge in [-0.1, -0.05) is 0 Å².